The van der Waals surface area contributed by atoms with E-state index in [2.05, 4.69) is 15.5 Å². The van der Waals surface area contributed by atoms with Gasteiger partial charge in [-0.2, -0.15) is 4.68 Å². The molecule has 23 heavy (non-hydrogen) atoms. The van der Waals surface area contributed by atoms with E-state index < -0.39 is 0 Å². The number of nitrogens with zero attached hydrogens (tertiary/aromatic N) is 5. The molecule has 1 aromatic heterocycles. The number of morpholine rings is 1. The van der Waals surface area contributed by atoms with Crippen LogP contribution in [-0.2, 0) is 9.53 Å². The van der Waals surface area contributed by atoms with Gasteiger partial charge in [0.1, 0.15) is 5.75 Å². The van der Waals surface area contributed by atoms with Gasteiger partial charge in [-0.25, -0.2) is 0 Å². The summed E-state index contributed by atoms with van der Waals surface area (Å²) in [5, 5.41) is 21.2. The zero-order chi connectivity index (χ0) is 16.2. The summed E-state index contributed by atoms with van der Waals surface area (Å²) < 4.78 is 6.81. The number of phenolic OH excluding ortho intramolecular Hbond substituents is 1. The predicted octanol–water partition coefficient (Wildman–Crippen LogP) is 0.707. The highest BCUT2D eigenvalue weighted by atomic mass is 32.2. The second-order valence-electron chi connectivity index (χ2n) is 5.09. The Labute approximate surface area is 137 Å². The lowest BCUT2D eigenvalue weighted by Gasteiger charge is -2.28. The zero-order valence-electron chi connectivity index (χ0n) is 12.6. The summed E-state index contributed by atoms with van der Waals surface area (Å²) >= 11 is 1.31. The van der Waals surface area contributed by atoms with Gasteiger partial charge in [-0.1, -0.05) is 11.8 Å². The summed E-state index contributed by atoms with van der Waals surface area (Å²) in [6.45, 7) is 4.24. The van der Waals surface area contributed by atoms with E-state index >= 15 is 0 Å². The fraction of sp³-hybridized carbons (Fsp3) is 0.429. The predicted molar refractivity (Wildman–Crippen MR) is 83.5 cm³/mol. The number of aromatic nitrogens is 4. The van der Waals surface area contributed by atoms with Gasteiger partial charge in [0, 0.05) is 13.1 Å². The normalized spacial score (nSPS) is 16.3. The number of aromatic hydroxyl groups is 1. The Morgan fingerprint density at radius 1 is 1.30 bits per heavy atom. The van der Waals surface area contributed by atoms with Crippen LogP contribution in [0.15, 0.2) is 29.4 Å². The Morgan fingerprint density at radius 2 is 2.00 bits per heavy atom. The molecule has 3 rings (SSSR count). The number of hydrogen-bond acceptors (Lipinski definition) is 7. The first kappa shape index (κ1) is 15.8. The van der Waals surface area contributed by atoms with Crippen molar-refractivity contribution >= 4 is 17.7 Å². The van der Waals surface area contributed by atoms with E-state index in [4.69, 9.17) is 4.74 Å². The van der Waals surface area contributed by atoms with Crippen LogP contribution in [0.1, 0.15) is 6.92 Å². The largest absolute Gasteiger partial charge is 0.508 e. The minimum absolute atomic E-state index is 0.0542. The fourth-order valence-electron chi connectivity index (χ4n) is 2.26. The van der Waals surface area contributed by atoms with Crippen LogP contribution in [0, 0.1) is 0 Å². The number of benzene rings is 1. The number of carbonyl (C=O) groups is 1. The van der Waals surface area contributed by atoms with Crippen molar-refractivity contribution in [2.24, 2.45) is 0 Å². The van der Waals surface area contributed by atoms with Crippen molar-refractivity contribution in [2.45, 2.75) is 17.3 Å². The average Bonchev–Trinajstić information content (AvgIpc) is 3.03. The first-order chi connectivity index (χ1) is 11.1. The van der Waals surface area contributed by atoms with Crippen LogP contribution < -0.4 is 0 Å². The van der Waals surface area contributed by atoms with E-state index in [0.717, 1.165) is 5.69 Å². The first-order valence-electron chi connectivity index (χ1n) is 7.26. The van der Waals surface area contributed by atoms with Crippen LogP contribution in [-0.4, -0.2) is 67.7 Å². The van der Waals surface area contributed by atoms with Crippen molar-refractivity contribution in [3.63, 3.8) is 0 Å². The molecule has 0 aliphatic carbocycles. The smallest absolute Gasteiger partial charge is 0.236 e. The van der Waals surface area contributed by atoms with Crippen molar-refractivity contribution < 1.29 is 14.6 Å². The van der Waals surface area contributed by atoms with Gasteiger partial charge in [-0.15, -0.1) is 5.10 Å². The van der Waals surface area contributed by atoms with E-state index in [1.54, 1.807) is 33.8 Å². The average molecular weight is 335 g/mol. The lowest BCUT2D eigenvalue weighted by atomic mass is 10.3. The highest BCUT2D eigenvalue weighted by Gasteiger charge is 2.25. The number of ether oxygens (including phenoxy) is 1. The van der Waals surface area contributed by atoms with Gasteiger partial charge in [0.2, 0.25) is 11.1 Å². The molecule has 1 fully saturated rings. The van der Waals surface area contributed by atoms with Gasteiger partial charge < -0.3 is 14.7 Å². The summed E-state index contributed by atoms with van der Waals surface area (Å²) in [5.74, 6) is 0.227. The van der Waals surface area contributed by atoms with Gasteiger partial charge in [0.15, 0.2) is 0 Å². The molecule has 0 spiro atoms. The van der Waals surface area contributed by atoms with Crippen molar-refractivity contribution in [3.8, 4) is 11.4 Å². The van der Waals surface area contributed by atoms with E-state index in [1.165, 1.54) is 11.8 Å². The van der Waals surface area contributed by atoms with Gasteiger partial charge in [0.25, 0.3) is 0 Å². The van der Waals surface area contributed by atoms with Crippen LogP contribution in [0.5, 0.6) is 5.75 Å². The highest BCUT2D eigenvalue weighted by Crippen LogP contribution is 2.25. The molecule has 0 bridgehead atoms. The summed E-state index contributed by atoms with van der Waals surface area (Å²) in [7, 11) is 0. The Bertz CT molecular complexity index is 669. The second kappa shape index (κ2) is 6.97. The third kappa shape index (κ3) is 3.62. The Morgan fingerprint density at radius 3 is 2.70 bits per heavy atom. The van der Waals surface area contributed by atoms with Crippen molar-refractivity contribution in [3.05, 3.63) is 24.3 Å². The Balaban J connectivity index is 1.71. The Kier molecular flexibility index (Phi) is 4.77. The molecule has 8 nitrogen and oxygen atoms in total. The monoisotopic (exact) mass is 335 g/mol. The molecule has 122 valence electrons. The lowest BCUT2D eigenvalue weighted by molar-refractivity contribution is -0.134. The standard InChI is InChI=1S/C14H17N5O3S/c1-10(13(21)18-6-8-22-9-7-18)23-14-15-16-17-19(14)11-2-4-12(20)5-3-11/h2-5,10,20H,6-9H2,1H3/t10-/m1/s1. The third-order valence-corrected chi connectivity index (χ3v) is 4.51. The molecule has 0 saturated carbocycles. The summed E-state index contributed by atoms with van der Waals surface area (Å²) in [5.41, 5.74) is 0.723. The molecule has 1 atom stereocenters. The topological polar surface area (TPSA) is 93.4 Å². The van der Waals surface area contributed by atoms with E-state index in [0.29, 0.717) is 31.5 Å². The maximum atomic E-state index is 12.5. The number of hydrogen-bond donors (Lipinski definition) is 1. The molecular formula is C14H17N5O3S. The van der Waals surface area contributed by atoms with E-state index in [9.17, 15) is 9.90 Å². The summed E-state index contributed by atoms with van der Waals surface area (Å²) in [4.78, 5) is 14.3. The van der Waals surface area contributed by atoms with Crippen molar-refractivity contribution in [1.82, 2.24) is 25.1 Å². The minimum atomic E-state index is -0.296. The van der Waals surface area contributed by atoms with Crippen LogP contribution in [0.4, 0.5) is 0 Å². The molecule has 1 aromatic carbocycles. The molecule has 1 saturated heterocycles. The zero-order valence-corrected chi connectivity index (χ0v) is 13.4. The van der Waals surface area contributed by atoms with Gasteiger partial charge in [-0.05, 0) is 41.6 Å². The number of tetrazole rings is 1. The molecule has 1 aliphatic rings. The maximum Gasteiger partial charge on any atom is 0.236 e. The highest BCUT2D eigenvalue weighted by molar-refractivity contribution is 8.00. The number of rotatable bonds is 4. The van der Waals surface area contributed by atoms with Crippen molar-refractivity contribution in [2.75, 3.05) is 26.3 Å². The number of amides is 1. The molecular weight excluding hydrogens is 318 g/mol. The first-order valence-corrected chi connectivity index (χ1v) is 8.14. The summed E-state index contributed by atoms with van der Waals surface area (Å²) in [6, 6.07) is 6.55. The maximum absolute atomic E-state index is 12.5. The number of phenols is 1. The molecule has 2 aromatic rings. The fourth-order valence-corrected chi connectivity index (χ4v) is 3.15. The van der Waals surface area contributed by atoms with Crippen molar-refractivity contribution in [1.29, 1.82) is 0 Å². The molecule has 0 unspecified atom stereocenters. The second-order valence-corrected chi connectivity index (χ2v) is 6.40. The van der Waals surface area contributed by atoms with Gasteiger partial charge >= 0.3 is 0 Å². The quantitative estimate of drug-likeness (QED) is 0.822. The van der Waals surface area contributed by atoms with Crippen LogP contribution in [0.2, 0.25) is 0 Å². The molecule has 0 radical (unpaired) electrons. The van der Waals surface area contributed by atoms with Crippen LogP contribution in [0.25, 0.3) is 5.69 Å². The number of thioether (sulfide) groups is 1. The molecule has 9 heteroatoms. The Hall–Kier alpha value is -2.13. The SMILES string of the molecule is C[C@@H](Sc1nnnn1-c1ccc(O)cc1)C(=O)N1CCOCC1. The van der Waals surface area contributed by atoms with E-state index in [-0.39, 0.29) is 16.9 Å². The molecule has 1 amide bonds. The van der Waals surface area contributed by atoms with Gasteiger partial charge in [0.05, 0.1) is 24.2 Å². The third-order valence-electron chi connectivity index (χ3n) is 3.49. The lowest BCUT2D eigenvalue weighted by Crippen LogP contribution is -2.44. The molecule has 2 heterocycles. The minimum Gasteiger partial charge on any atom is -0.508 e. The van der Waals surface area contributed by atoms with Gasteiger partial charge in [-0.3, -0.25) is 4.79 Å². The van der Waals surface area contributed by atoms with Crippen LogP contribution >= 0.6 is 11.8 Å². The summed E-state index contributed by atoms with van der Waals surface area (Å²) in [6.07, 6.45) is 0. The van der Waals surface area contributed by atoms with Crippen LogP contribution in [0.3, 0.4) is 0 Å². The number of carbonyl (C=O) groups excluding carboxylic acids is 1. The molecule has 1 aliphatic heterocycles. The molecule has 1 N–H and O–H groups in total. The van der Waals surface area contributed by atoms with E-state index in [1.807, 2.05) is 6.92 Å².